The van der Waals surface area contributed by atoms with E-state index in [2.05, 4.69) is 0 Å². The molecule has 1 amide bonds. The lowest BCUT2D eigenvalue weighted by molar-refractivity contribution is -0.132. The summed E-state index contributed by atoms with van der Waals surface area (Å²) in [5.41, 5.74) is 0.730. The van der Waals surface area contributed by atoms with Crippen molar-refractivity contribution in [2.24, 2.45) is 0 Å². The van der Waals surface area contributed by atoms with Gasteiger partial charge in [-0.15, -0.1) is 0 Å². The van der Waals surface area contributed by atoms with Crippen LogP contribution >= 0.6 is 0 Å². The third kappa shape index (κ3) is 2.84. The Morgan fingerprint density at radius 1 is 1.29 bits per heavy atom. The van der Waals surface area contributed by atoms with Crippen LogP contribution in [0, 0.1) is 0 Å². The summed E-state index contributed by atoms with van der Waals surface area (Å²) in [6, 6.07) is 9.39. The zero-order chi connectivity index (χ0) is 14.8. The summed E-state index contributed by atoms with van der Waals surface area (Å²) in [6.07, 6.45) is 3.34. The first-order valence-corrected chi connectivity index (χ1v) is 7.44. The second-order valence-corrected chi connectivity index (χ2v) is 5.64. The molecule has 1 atom stereocenters. The third-order valence-electron chi connectivity index (χ3n) is 4.15. The summed E-state index contributed by atoms with van der Waals surface area (Å²) in [4.78, 5) is 25.9. The summed E-state index contributed by atoms with van der Waals surface area (Å²) in [5.74, 6) is 0.423. The molecule has 0 saturated carbocycles. The van der Waals surface area contributed by atoms with E-state index in [9.17, 15) is 9.59 Å². The number of hydrogen-bond donors (Lipinski definition) is 0. The average molecular weight is 285 g/mol. The van der Waals surface area contributed by atoms with Crippen molar-refractivity contribution in [1.29, 1.82) is 0 Å². The number of piperidine rings is 1. The first kappa shape index (κ1) is 13.9. The number of benzene rings is 1. The van der Waals surface area contributed by atoms with E-state index in [4.69, 9.17) is 4.42 Å². The molecule has 110 valence electrons. The molecule has 3 rings (SSSR count). The van der Waals surface area contributed by atoms with Crippen molar-refractivity contribution in [3.63, 3.8) is 0 Å². The number of rotatable bonds is 3. The molecular weight excluding hydrogens is 266 g/mol. The number of hydrogen-bond acceptors (Lipinski definition) is 3. The molecule has 1 unspecified atom stereocenters. The van der Waals surface area contributed by atoms with E-state index in [-0.39, 0.29) is 17.7 Å². The topological polar surface area (TPSA) is 50.5 Å². The number of fused-ring (bicyclic) bond motifs is 1. The molecule has 2 aromatic rings. The molecule has 1 fully saturated rings. The van der Waals surface area contributed by atoms with Crippen LogP contribution in [-0.2, 0) is 4.79 Å². The molecule has 1 saturated heterocycles. The predicted molar refractivity (Wildman–Crippen MR) is 80.2 cm³/mol. The van der Waals surface area contributed by atoms with Crippen molar-refractivity contribution < 1.29 is 14.0 Å². The Balaban J connectivity index is 1.77. The summed E-state index contributed by atoms with van der Waals surface area (Å²) < 4.78 is 5.61. The fourth-order valence-electron chi connectivity index (χ4n) is 3.06. The van der Waals surface area contributed by atoms with Crippen LogP contribution in [-0.4, -0.2) is 29.2 Å². The van der Waals surface area contributed by atoms with Gasteiger partial charge in [-0.3, -0.25) is 9.59 Å². The lowest BCUT2D eigenvalue weighted by atomic mass is 9.96. The van der Waals surface area contributed by atoms with Crippen molar-refractivity contribution in [2.75, 3.05) is 6.54 Å². The Hall–Kier alpha value is -2.10. The lowest BCUT2D eigenvalue weighted by Crippen LogP contribution is -2.43. The highest BCUT2D eigenvalue weighted by atomic mass is 16.3. The van der Waals surface area contributed by atoms with E-state index in [0.717, 1.165) is 36.8 Å². The van der Waals surface area contributed by atoms with Gasteiger partial charge in [0.25, 0.3) is 0 Å². The van der Waals surface area contributed by atoms with Crippen LogP contribution in [0.3, 0.4) is 0 Å². The van der Waals surface area contributed by atoms with Crippen LogP contribution in [0.2, 0.25) is 0 Å². The van der Waals surface area contributed by atoms with Crippen LogP contribution in [0.15, 0.2) is 34.7 Å². The molecule has 1 aromatic carbocycles. The van der Waals surface area contributed by atoms with Gasteiger partial charge in [0, 0.05) is 31.3 Å². The van der Waals surface area contributed by atoms with Gasteiger partial charge in [0.05, 0.1) is 0 Å². The molecule has 2 heterocycles. The number of ketones is 1. The van der Waals surface area contributed by atoms with Gasteiger partial charge >= 0.3 is 0 Å². The molecule has 21 heavy (non-hydrogen) atoms. The largest absolute Gasteiger partial charge is 0.453 e. The van der Waals surface area contributed by atoms with E-state index in [0.29, 0.717) is 12.2 Å². The maximum absolute atomic E-state index is 12.4. The van der Waals surface area contributed by atoms with Crippen molar-refractivity contribution in [3.8, 4) is 0 Å². The van der Waals surface area contributed by atoms with Crippen LogP contribution in [0.1, 0.15) is 43.2 Å². The van der Waals surface area contributed by atoms with Gasteiger partial charge in [0.15, 0.2) is 11.5 Å². The van der Waals surface area contributed by atoms with Crippen LogP contribution in [0.4, 0.5) is 0 Å². The highest BCUT2D eigenvalue weighted by Gasteiger charge is 2.27. The number of likely N-dealkylation sites (tertiary alicyclic amines) is 1. The van der Waals surface area contributed by atoms with Crippen LogP contribution in [0.25, 0.3) is 11.0 Å². The van der Waals surface area contributed by atoms with E-state index >= 15 is 0 Å². The highest BCUT2D eigenvalue weighted by Crippen LogP contribution is 2.24. The Bertz CT molecular complexity index is 640. The predicted octanol–water partition coefficient (Wildman–Crippen LogP) is 3.41. The minimum absolute atomic E-state index is 0.0111. The number of para-hydroxylation sites is 1. The fourth-order valence-corrected chi connectivity index (χ4v) is 3.06. The highest BCUT2D eigenvalue weighted by molar-refractivity contribution is 5.98. The summed E-state index contributed by atoms with van der Waals surface area (Å²) in [6.45, 7) is 2.33. The zero-order valence-electron chi connectivity index (χ0n) is 12.2. The number of carbonyl (C=O) groups excluding carboxylic acids is 2. The molecule has 4 nitrogen and oxygen atoms in total. The number of carbonyl (C=O) groups is 2. The Morgan fingerprint density at radius 3 is 2.86 bits per heavy atom. The maximum Gasteiger partial charge on any atom is 0.219 e. The smallest absolute Gasteiger partial charge is 0.219 e. The fraction of sp³-hybridized carbons (Fsp3) is 0.412. The molecule has 1 aromatic heterocycles. The second kappa shape index (κ2) is 5.72. The molecule has 0 bridgehead atoms. The quantitative estimate of drug-likeness (QED) is 0.812. The van der Waals surface area contributed by atoms with Gasteiger partial charge in [-0.2, -0.15) is 0 Å². The van der Waals surface area contributed by atoms with Gasteiger partial charge in [-0.25, -0.2) is 0 Å². The molecule has 4 heteroatoms. The summed E-state index contributed by atoms with van der Waals surface area (Å²) in [7, 11) is 0. The van der Waals surface area contributed by atoms with Gasteiger partial charge in [0.1, 0.15) is 5.58 Å². The van der Waals surface area contributed by atoms with E-state index in [1.54, 1.807) is 13.0 Å². The molecule has 0 radical (unpaired) electrons. The number of Topliss-reactive ketones (excluding diaryl/α,β-unsaturated/α-hetero) is 1. The van der Waals surface area contributed by atoms with Gasteiger partial charge in [-0.05, 0) is 31.4 Å². The second-order valence-electron chi connectivity index (χ2n) is 5.64. The molecule has 0 aliphatic carbocycles. The number of amides is 1. The van der Waals surface area contributed by atoms with Crippen LogP contribution < -0.4 is 0 Å². The van der Waals surface area contributed by atoms with Crippen LogP contribution in [0.5, 0.6) is 0 Å². The Labute approximate surface area is 123 Å². The SMILES string of the molecule is CC(=O)N1CCCCC1CC(=O)c1cc2ccccc2o1. The third-order valence-corrected chi connectivity index (χ3v) is 4.15. The van der Waals surface area contributed by atoms with Crippen molar-refractivity contribution in [2.45, 2.75) is 38.6 Å². The summed E-state index contributed by atoms with van der Waals surface area (Å²) >= 11 is 0. The Morgan fingerprint density at radius 2 is 2.10 bits per heavy atom. The first-order chi connectivity index (χ1) is 10.1. The maximum atomic E-state index is 12.4. The normalized spacial score (nSPS) is 18.9. The molecule has 1 aliphatic heterocycles. The lowest BCUT2D eigenvalue weighted by Gasteiger charge is -2.34. The minimum atomic E-state index is -0.0237. The van der Waals surface area contributed by atoms with Gasteiger partial charge in [-0.1, -0.05) is 18.2 Å². The first-order valence-electron chi connectivity index (χ1n) is 7.44. The monoisotopic (exact) mass is 285 g/mol. The van der Waals surface area contributed by atoms with Gasteiger partial charge < -0.3 is 9.32 Å². The van der Waals surface area contributed by atoms with Crippen molar-refractivity contribution in [1.82, 2.24) is 4.90 Å². The number of furan rings is 1. The van der Waals surface area contributed by atoms with E-state index in [1.807, 2.05) is 29.2 Å². The van der Waals surface area contributed by atoms with Gasteiger partial charge in [0.2, 0.25) is 5.91 Å². The van der Waals surface area contributed by atoms with Crippen molar-refractivity contribution >= 4 is 22.7 Å². The molecule has 0 spiro atoms. The van der Waals surface area contributed by atoms with E-state index in [1.165, 1.54) is 0 Å². The standard InChI is InChI=1S/C17H19NO3/c1-12(19)18-9-5-4-7-14(18)11-15(20)17-10-13-6-2-3-8-16(13)21-17/h2-3,6,8,10,14H,4-5,7,9,11H2,1H3. The summed E-state index contributed by atoms with van der Waals surface area (Å²) in [5, 5.41) is 0.938. The molecular formula is C17H19NO3. The molecule has 1 aliphatic rings. The van der Waals surface area contributed by atoms with E-state index < -0.39 is 0 Å². The van der Waals surface area contributed by atoms with Crippen molar-refractivity contribution in [3.05, 3.63) is 36.1 Å². The minimum Gasteiger partial charge on any atom is -0.453 e. The zero-order valence-corrected chi connectivity index (χ0v) is 12.2. The molecule has 0 N–H and O–H groups in total. The average Bonchev–Trinajstić information content (AvgIpc) is 2.91. The number of nitrogens with zero attached hydrogens (tertiary/aromatic N) is 1. The Kier molecular flexibility index (Phi) is 3.78.